The SMILES string of the molecule is CCn1cncc1Cn1c(CN2CCC(c3cccnc3OCc3ccc(C(N)=O)cc3F)CC2)nc2ccc(C(=O)O)cc21. The number of halogens is 1. The van der Waals surface area contributed by atoms with Gasteiger partial charge >= 0.3 is 5.97 Å². The summed E-state index contributed by atoms with van der Waals surface area (Å²) in [7, 11) is 0. The number of aromatic carboxylic acids is 1. The number of imidazole rings is 2. The number of ether oxygens (including phenoxy) is 1. The number of piperidine rings is 1. The van der Waals surface area contributed by atoms with E-state index in [1.807, 2.05) is 18.3 Å². The van der Waals surface area contributed by atoms with E-state index < -0.39 is 17.7 Å². The van der Waals surface area contributed by atoms with E-state index in [4.69, 9.17) is 15.5 Å². The van der Waals surface area contributed by atoms with Crippen molar-refractivity contribution in [1.82, 2.24) is 29.0 Å². The van der Waals surface area contributed by atoms with Crippen molar-refractivity contribution in [2.45, 2.75) is 51.9 Å². The molecule has 4 heterocycles. The molecule has 6 rings (SSSR count). The molecule has 0 aliphatic carbocycles. The number of fused-ring (bicyclic) bond motifs is 1. The zero-order valence-electron chi connectivity index (χ0n) is 24.9. The van der Waals surface area contributed by atoms with E-state index in [1.165, 1.54) is 12.1 Å². The molecule has 3 aromatic heterocycles. The Balaban J connectivity index is 1.16. The van der Waals surface area contributed by atoms with Gasteiger partial charge in [0.15, 0.2) is 0 Å². The van der Waals surface area contributed by atoms with Crippen LogP contribution in [0.5, 0.6) is 5.88 Å². The van der Waals surface area contributed by atoms with Gasteiger partial charge in [-0.25, -0.2) is 24.1 Å². The fourth-order valence-electron chi connectivity index (χ4n) is 5.93. The molecule has 0 spiro atoms. The summed E-state index contributed by atoms with van der Waals surface area (Å²) >= 11 is 0. The number of aromatic nitrogens is 5. The van der Waals surface area contributed by atoms with Gasteiger partial charge in [-0.3, -0.25) is 9.69 Å². The van der Waals surface area contributed by atoms with E-state index in [9.17, 15) is 19.1 Å². The molecule has 232 valence electrons. The van der Waals surface area contributed by atoms with Crippen LogP contribution in [0.2, 0.25) is 0 Å². The Kier molecular flexibility index (Phi) is 8.56. The molecule has 1 aliphatic heterocycles. The Hall–Kier alpha value is -5.10. The van der Waals surface area contributed by atoms with Gasteiger partial charge in [0.2, 0.25) is 11.8 Å². The number of carbonyl (C=O) groups excluding carboxylic acids is 1. The van der Waals surface area contributed by atoms with E-state index in [0.717, 1.165) is 66.7 Å². The van der Waals surface area contributed by atoms with Gasteiger partial charge in [0.1, 0.15) is 18.2 Å². The minimum atomic E-state index is -0.975. The van der Waals surface area contributed by atoms with Crippen LogP contribution in [0.15, 0.2) is 67.3 Å². The third-order valence-electron chi connectivity index (χ3n) is 8.43. The molecule has 2 aromatic carbocycles. The third kappa shape index (κ3) is 6.41. The van der Waals surface area contributed by atoms with Crippen molar-refractivity contribution in [3.8, 4) is 5.88 Å². The van der Waals surface area contributed by atoms with Crippen molar-refractivity contribution in [3.63, 3.8) is 0 Å². The summed E-state index contributed by atoms with van der Waals surface area (Å²) in [5.74, 6) is -0.670. The van der Waals surface area contributed by atoms with E-state index in [2.05, 4.69) is 30.9 Å². The predicted octanol–water partition coefficient (Wildman–Crippen LogP) is 4.59. The summed E-state index contributed by atoms with van der Waals surface area (Å²) in [5.41, 5.74) is 9.43. The number of carbonyl (C=O) groups is 2. The van der Waals surface area contributed by atoms with Crippen LogP contribution in [0.4, 0.5) is 4.39 Å². The normalized spacial score (nSPS) is 14.2. The molecule has 0 bridgehead atoms. The van der Waals surface area contributed by atoms with Gasteiger partial charge in [-0.15, -0.1) is 0 Å². The summed E-state index contributed by atoms with van der Waals surface area (Å²) in [6.45, 7) is 5.59. The summed E-state index contributed by atoms with van der Waals surface area (Å²) < 4.78 is 24.7. The lowest BCUT2D eigenvalue weighted by Gasteiger charge is -2.32. The number of aryl methyl sites for hydroxylation is 1. The number of hydrogen-bond donors (Lipinski definition) is 2. The molecule has 1 amide bonds. The number of rotatable bonds is 11. The maximum atomic E-state index is 14.5. The fourth-order valence-corrected chi connectivity index (χ4v) is 5.93. The van der Waals surface area contributed by atoms with Gasteiger partial charge < -0.3 is 24.7 Å². The molecule has 0 unspecified atom stereocenters. The number of hydrogen-bond acceptors (Lipinski definition) is 7. The van der Waals surface area contributed by atoms with Gasteiger partial charge in [-0.05, 0) is 75.2 Å². The Morgan fingerprint density at radius 1 is 1.09 bits per heavy atom. The van der Waals surface area contributed by atoms with E-state index in [1.54, 1.807) is 30.7 Å². The van der Waals surface area contributed by atoms with E-state index in [-0.39, 0.29) is 23.7 Å². The van der Waals surface area contributed by atoms with Gasteiger partial charge in [-0.2, -0.15) is 0 Å². The zero-order valence-corrected chi connectivity index (χ0v) is 24.9. The topological polar surface area (TPSA) is 141 Å². The summed E-state index contributed by atoms with van der Waals surface area (Å²) in [4.78, 5) is 39.1. The number of nitrogens with two attached hydrogens (primary N) is 1. The number of carboxylic acids is 1. The zero-order chi connectivity index (χ0) is 31.5. The third-order valence-corrected chi connectivity index (χ3v) is 8.43. The summed E-state index contributed by atoms with van der Waals surface area (Å²) in [5, 5.41) is 9.61. The van der Waals surface area contributed by atoms with Crippen LogP contribution in [0, 0.1) is 5.82 Å². The fraction of sp³-hybridized carbons (Fsp3) is 0.303. The van der Waals surface area contributed by atoms with Crippen LogP contribution in [0.1, 0.15) is 69.0 Å². The second-order valence-corrected chi connectivity index (χ2v) is 11.2. The first kappa shape index (κ1) is 29.9. The van der Waals surface area contributed by atoms with Gasteiger partial charge in [0.05, 0.1) is 41.7 Å². The first-order chi connectivity index (χ1) is 21.8. The van der Waals surface area contributed by atoms with E-state index in [0.29, 0.717) is 24.5 Å². The molecule has 1 aliphatic rings. The Labute approximate surface area is 259 Å². The standard InChI is InChI=1S/C33H34FN7O4/c1-2-40-20-36-16-25(40)17-41-29-15-23(33(43)44)7-8-28(29)38-30(41)18-39-12-9-21(10-13-39)26-4-3-11-37-32(26)45-19-24-6-5-22(31(35)42)14-27(24)34/h3-8,11,14-16,20-21H,2,9-10,12-13,17-19H2,1H3,(H2,35,42)(H,43,44). The second kappa shape index (κ2) is 12.9. The van der Waals surface area contributed by atoms with Crippen LogP contribution in [-0.2, 0) is 26.2 Å². The lowest BCUT2D eigenvalue weighted by molar-refractivity contribution is 0.0696. The maximum Gasteiger partial charge on any atom is 0.335 e. The van der Waals surface area contributed by atoms with Crippen molar-refractivity contribution >= 4 is 22.9 Å². The van der Waals surface area contributed by atoms with Crippen LogP contribution < -0.4 is 10.5 Å². The van der Waals surface area contributed by atoms with Crippen LogP contribution in [0.3, 0.4) is 0 Å². The highest BCUT2D eigenvalue weighted by atomic mass is 19.1. The average Bonchev–Trinajstić information content (AvgIpc) is 3.64. The van der Waals surface area contributed by atoms with Crippen molar-refractivity contribution in [2.24, 2.45) is 5.73 Å². The van der Waals surface area contributed by atoms with Crippen LogP contribution in [-0.4, -0.2) is 59.1 Å². The minimum absolute atomic E-state index is 0.0233. The molecule has 11 nitrogen and oxygen atoms in total. The maximum absolute atomic E-state index is 14.5. The quantitative estimate of drug-likeness (QED) is 0.221. The lowest BCUT2D eigenvalue weighted by Crippen LogP contribution is -2.33. The van der Waals surface area contributed by atoms with Gasteiger partial charge in [-0.1, -0.05) is 12.1 Å². The van der Waals surface area contributed by atoms with Crippen molar-refractivity contribution in [3.05, 3.63) is 107 Å². The van der Waals surface area contributed by atoms with Crippen LogP contribution >= 0.6 is 0 Å². The Morgan fingerprint density at radius 2 is 1.89 bits per heavy atom. The van der Waals surface area contributed by atoms with Crippen LogP contribution in [0.25, 0.3) is 11.0 Å². The van der Waals surface area contributed by atoms with Crippen molar-refractivity contribution < 1.29 is 23.8 Å². The molecular formula is C33H34FN7O4. The molecule has 0 radical (unpaired) electrons. The Morgan fingerprint density at radius 3 is 2.62 bits per heavy atom. The molecule has 3 N–H and O–H groups in total. The molecule has 1 saturated heterocycles. The lowest BCUT2D eigenvalue weighted by atomic mass is 9.90. The first-order valence-corrected chi connectivity index (χ1v) is 14.9. The highest BCUT2D eigenvalue weighted by Crippen LogP contribution is 2.34. The molecule has 1 fully saturated rings. The first-order valence-electron chi connectivity index (χ1n) is 14.9. The van der Waals surface area contributed by atoms with Crippen molar-refractivity contribution in [1.29, 1.82) is 0 Å². The molecule has 5 aromatic rings. The number of primary amides is 1. The monoisotopic (exact) mass is 611 g/mol. The average molecular weight is 612 g/mol. The van der Waals surface area contributed by atoms with Gasteiger partial charge in [0.25, 0.3) is 0 Å². The number of carboxylic acid groups (broad SMARTS) is 1. The predicted molar refractivity (Wildman–Crippen MR) is 164 cm³/mol. The van der Waals surface area contributed by atoms with Gasteiger partial charge in [0, 0.05) is 35.6 Å². The smallest absolute Gasteiger partial charge is 0.335 e. The Bertz CT molecular complexity index is 1860. The number of likely N-dealkylation sites (tertiary alicyclic amines) is 1. The minimum Gasteiger partial charge on any atom is -0.478 e. The molecule has 0 atom stereocenters. The largest absolute Gasteiger partial charge is 0.478 e. The number of amides is 1. The second-order valence-electron chi connectivity index (χ2n) is 11.2. The van der Waals surface area contributed by atoms with E-state index >= 15 is 0 Å². The molecule has 0 saturated carbocycles. The summed E-state index contributed by atoms with van der Waals surface area (Å²) in [6, 6.07) is 13.0. The molecule has 12 heteroatoms. The number of benzene rings is 2. The molecular weight excluding hydrogens is 577 g/mol. The van der Waals surface area contributed by atoms with Crippen molar-refractivity contribution in [2.75, 3.05) is 13.1 Å². The molecule has 45 heavy (non-hydrogen) atoms. The highest BCUT2D eigenvalue weighted by Gasteiger charge is 2.26. The highest BCUT2D eigenvalue weighted by molar-refractivity contribution is 5.93. The number of pyridine rings is 1. The summed E-state index contributed by atoms with van der Waals surface area (Å²) in [6.07, 6.45) is 7.04. The number of nitrogens with zero attached hydrogens (tertiary/aromatic N) is 6.